The van der Waals surface area contributed by atoms with E-state index in [2.05, 4.69) is 5.32 Å². The lowest BCUT2D eigenvalue weighted by Gasteiger charge is -2.10. The molecule has 0 saturated carbocycles. The minimum Gasteiger partial charge on any atom is -0.497 e. The van der Waals surface area contributed by atoms with Crippen molar-refractivity contribution >= 4 is 0 Å². The normalized spacial score (nSPS) is 10.2. The molecule has 0 aliphatic carbocycles. The number of hydrogen-bond acceptors (Lipinski definition) is 4. The number of hydrogen-bond donors (Lipinski definition) is 1. The van der Waals surface area contributed by atoms with E-state index in [4.69, 9.17) is 14.2 Å². The van der Waals surface area contributed by atoms with Crippen LogP contribution in [-0.4, -0.2) is 34.6 Å². The van der Waals surface area contributed by atoms with Crippen LogP contribution in [0.3, 0.4) is 0 Å². The summed E-state index contributed by atoms with van der Waals surface area (Å²) in [6, 6.07) is 5.85. The molecule has 0 radical (unpaired) electrons. The van der Waals surface area contributed by atoms with Gasteiger partial charge in [0.1, 0.15) is 11.5 Å². The molecule has 0 bridgehead atoms. The Morgan fingerprint density at radius 3 is 2.56 bits per heavy atom. The highest BCUT2D eigenvalue weighted by Gasteiger charge is 2.04. The Hall–Kier alpha value is -1.26. The summed E-state index contributed by atoms with van der Waals surface area (Å²) in [5.41, 5.74) is 1.16. The van der Waals surface area contributed by atoms with Crippen molar-refractivity contribution in [3.8, 4) is 11.5 Å². The number of rotatable bonds is 7. The molecular formula is C12H19NO3. The summed E-state index contributed by atoms with van der Waals surface area (Å²) < 4.78 is 15.4. The molecular weight excluding hydrogens is 206 g/mol. The van der Waals surface area contributed by atoms with E-state index in [1.165, 1.54) is 0 Å². The summed E-state index contributed by atoms with van der Waals surface area (Å²) in [5.74, 6) is 1.67. The van der Waals surface area contributed by atoms with Crippen molar-refractivity contribution in [1.82, 2.24) is 5.32 Å². The molecule has 1 aromatic rings. The molecule has 16 heavy (non-hydrogen) atoms. The molecule has 4 heteroatoms. The van der Waals surface area contributed by atoms with Gasteiger partial charge in [0.05, 0.1) is 21.0 Å². The van der Waals surface area contributed by atoms with E-state index in [1.54, 1.807) is 21.3 Å². The fourth-order valence-corrected chi connectivity index (χ4v) is 1.46. The lowest BCUT2D eigenvalue weighted by Crippen LogP contribution is -2.19. The SMILES string of the molecule is COCNCCc1ccc(OC)cc1OC. The summed E-state index contributed by atoms with van der Waals surface area (Å²) in [6.07, 6.45) is 0.899. The minimum atomic E-state index is 0.568. The van der Waals surface area contributed by atoms with Gasteiger partial charge in [0.25, 0.3) is 0 Å². The standard InChI is InChI=1S/C12H19NO3/c1-14-9-13-7-6-10-4-5-11(15-2)8-12(10)16-3/h4-5,8,13H,6-7,9H2,1-3H3. The Kier molecular flexibility index (Phi) is 5.67. The van der Waals surface area contributed by atoms with E-state index in [0.717, 1.165) is 30.0 Å². The Labute approximate surface area is 96.5 Å². The van der Waals surface area contributed by atoms with Gasteiger partial charge in [-0.1, -0.05) is 6.07 Å². The molecule has 1 aromatic carbocycles. The summed E-state index contributed by atoms with van der Waals surface area (Å²) in [7, 11) is 4.98. The monoisotopic (exact) mass is 225 g/mol. The predicted octanol–water partition coefficient (Wildman–Crippen LogP) is 1.44. The zero-order valence-electron chi connectivity index (χ0n) is 10.1. The van der Waals surface area contributed by atoms with E-state index < -0.39 is 0 Å². The van der Waals surface area contributed by atoms with Crippen LogP contribution in [0.25, 0.3) is 0 Å². The van der Waals surface area contributed by atoms with Crippen LogP contribution >= 0.6 is 0 Å². The maximum absolute atomic E-state index is 5.31. The number of ether oxygens (including phenoxy) is 3. The highest BCUT2D eigenvalue weighted by molar-refractivity contribution is 5.40. The molecule has 0 fully saturated rings. The molecule has 0 unspecified atom stereocenters. The fraction of sp³-hybridized carbons (Fsp3) is 0.500. The Bertz CT molecular complexity index is 315. The van der Waals surface area contributed by atoms with E-state index in [9.17, 15) is 0 Å². The third kappa shape index (κ3) is 3.72. The highest BCUT2D eigenvalue weighted by atomic mass is 16.5. The predicted molar refractivity (Wildman–Crippen MR) is 63.1 cm³/mol. The molecule has 0 amide bonds. The largest absolute Gasteiger partial charge is 0.497 e. The topological polar surface area (TPSA) is 39.7 Å². The molecule has 1 rings (SSSR count). The lowest BCUT2D eigenvalue weighted by molar-refractivity contribution is 0.176. The maximum Gasteiger partial charge on any atom is 0.125 e. The summed E-state index contributed by atoms with van der Waals surface area (Å²) >= 11 is 0. The van der Waals surface area contributed by atoms with Crippen LogP contribution in [0.1, 0.15) is 5.56 Å². The highest BCUT2D eigenvalue weighted by Crippen LogP contribution is 2.24. The first-order valence-electron chi connectivity index (χ1n) is 5.22. The van der Waals surface area contributed by atoms with Gasteiger partial charge in [-0.05, 0) is 18.1 Å². The van der Waals surface area contributed by atoms with Crippen LogP contribution in [0.4, 0.5) is 0 Å². The van der Waals surface area contributed by atoms with Crippen LogP contribution in [0.2, 0.25) is 0 Å². The van der Waals surface area contributed by atoms with E-state index >= 15 is 0 Å². The minimum absolute atomic E-state index is 0.568. The smallest absolute Gasteiger partial charge is 0.125 e. The van der Waals surface area contributed by atoms with Gasteiger partial charge in [-0.25, -0.2) is 0 Å². The van der Waals surface area contributed by atoms with Gasteiger partial charge >= 0.3 is 0 Å². The van der Waals surface area contributed by atoms with Crippen LogP contribution in [0, 0.1) is 0 Å². The number of nitrogens with one attached hydrogen (secondary N) is 1. The van der Waals surface area contributed by atoms with Crippen molar-refractivity contribution in [1.29, 1.82) is 0 Å². The second-order valence-corrected chi connectivity index (χ2v) is 3.36. The van der Waals surface area contributed by atoms with Crippen LogP contribution in [0.5, 0.6) is 11.5 Å². The summed E-state index contributed by atoms with van der Waals surface area (Å²) in [5, 5.41) is 3.15. The van der Waals surface area contributed by atoms with Gasteiger partial charge in [-0.15, -0.1) is 0 Å². The van der Waals surface area contributed by atoms with E-state index in [-0.39, 0.29) is 0 Å². The molecule has 0 spiro atoms. The van der Waals surface area contributed by atoms with Crippen molar-refractivity contribution in [3.63, 3.8) is 0 Å². The third-order valence-corrected chi connectivity index (χ3v) is 2.31. The third-order valence-electron chi connectivity index (χ3n) is 2.31. The zero-order chi connectivity index (χ0) is 11.8. The van der Waals surface area contributed by atoms with Crippen molar-refractivity contribution in [2.75, 3.05) is 34.6 Å². The van der Waals surface area contributed by atoms with Gasteiger partial charge in [0.2, 0.25) is 0 Å². The van der Waals surface area contributed by atoms with Gasteiger partial charge in [0.15, 0.2) is 0 Å². The van der Waals surface area contributed by atoms with Crippen molar-refractivity contribution < 1.29 is 14.2 Å². The first kappa shape index (κ1) is 12.8. The second-order valence-electron chi connectivity index (χ2n) is 3.36. The van der Waals surface area contributed by atoms with Crippen LogP contribution in [-0.2, 0) is 11.2 Å². The molecule has 0 heterocycles. The van der Waals surface area contributed by atoms with Crippen molar-refractivity contribution in [2.45, 2.75) is 6.42 Å². The molecule has 90 valence electrons. The first-order valence-corrected chi connectivity index (χ1v) is 5.22. The Morgan fingerprint density at radius 2 is 1.94 bits per heavy atom. The fourth-order valence-electron chi connectivity index (χ4n) is 1.46. The zero-order valence-corrected chi connectivity index (χ0v) is 10.1. The van der Waals surface area contributed by atoms with E-state index in [0.29, 0.717) is 6.73 Å². The van der Waals surface area contributed by atoms with Crippen molar-refractivity contribution in [3.05, 3.63) is 23.8 Å². The average molecular weight is 225 g/mol. The van der Waals surface area contributed by atoms with E-state index in [1.807, 2.05) is 18.2 Å². The number of methoxy groups -OCH3 is 3. The number of benzene rings is 1. The molecule has 0 saturated heterocycles. The average Bonchev–Trinajstić information content (AvgIpc) is 2.34. The lowest BCUT2D eigenvalue weighted by atomic mass is 10.1. The van der Waals surface area contributed by atoms with Gasteiger partial charge in [0, 0.05) is 19.7 Å². The van der Waals surface area contributed by atoms with Gasteiger partial charge in [-0.2, -0.15) is 0 Å². The van der Waals surface area contributed by atoms with Gasteiger partial charge < -0.3 is 14.2 Å². The Balaban J connectivity index is 2.57. The molecule has 0 aliphatic rings. The molecule has 0 aromatic heterocycles. The quantitative estimate of drug-likeness (QED) is 0.563. The first-order chi connectivity index (χ1) is 7.81. The summed E-state index contributed by atoms with van der Waals surface area (Å²) in [6.45, 7) is 1.43. The molecule has 4 nitrogen and oxygen atoms in total. The van der Waals surface area contributed by atoms with Crippen LogP contribution < -0.4 is 14.8 Å². The second kappa shape index (κ2) is 7.09. The maximum atomic E-state index is 5.31. The molecule has 0 aliphatic heterocycles. The van der Waals surface area contributed by atoms with Gasteiger partial charge in [-0.3, -0.25) is 5.32 Å². The molecule has 0 atom stereocenters. The van der Waals surface area contributed by atoms with Crippen LogP contribution in [0.15, 0.2) is 18.2 Å². The van der Waals surface area contributed by atoms with Crippen molar-refractivity contribution in [2.24, 2.45) is 0 Å². The molecule has 1 N–H and O–H groups in total. The summed E-state index contributed by atoms with van der Waals surface area (Å²) in [4.78, 5) is 0. The Morgan fingerprint density at radius 1 is 1.12 bits per heavy atom.